The number of methoxy groups -OCH3 is 1. The minimum absolute atomic E-state index is 0.210. The summed E-state index contributed by atoms with van der Waals surface area (Å²) in [5, 5.41) is 6.04. The van der Waals surface area contributed by atoms with Gasteiger partial charge in [-0.15, -0.1) is 0 Å². The number of amides is 1. The average molecular weight is 334 g/mol. The quantitative estimate of drug-likeness (QED) is 0.723. The Kier molecular flexibility index (Phi) is 5.21. The number of hydrogen-bond acceptors (Lipinski definition) is 5. The van der Waals surface area contributed by atoms with Gasteiger partial charge in [0.1, 0.15) is 11.6 Å². The first-order valence-electron chi connectivity index (χ1n) is 7.79. The second-order valence-corrected chi connectivity index (χ2v) is 5.33. The van der Waals surface area contributed by atoms with E-state index < -0.39 is 0 Å². The van der Waals surface area contributed by atoms with Crippen molar-refractivity contribution >= 4 is 17.4 Å². The highest BCUT2D eigenvalue weighted by Crippen LogP contribution is 2.15. The van der Waals surface area contributed by atoms with Crippen molar-refractivity contribution in [3.63, 3.8) is 0 Å². The Morgan fingerprint density at radius 2 is 1.96 bits per heavy atom. The molecule has 6 nitrogen and oxygen atoms in total. The number of nitrogens with one attached hydrogen (secondary N) is 2. The van der Waals surface area contributed by atoms with Gasteiger partial charge in [0, 0.05) is 24.5 Å². The Bertz CT molecular complexity index is 836. The van der Waals surface area contributed by atoms with Crippen LogP contribution in [0.15, 0.2) is 67.1 Å². The summed E-state index contributed by atoms with van der Waals surface area (Å²) in [6.45, 7) is 0.658. The number of pyridine rings is 2. The molecule has 0 atom stereocenters. The summed E-state index contributed by atoms with van der Waals surface area (Å²) in [6, 6.07) is 14.5. The Balaban J connectivity index is 1.59. The lowest BCUT2D eigenvalue weighted by molar-refractivity contribution is 0.102. The molecule has 1 amide bonds. The van der Waals surface area contributed by atoms with Gasteiger partial charge in [-0.25, -0.2) is 4.98 Å². The standard InChI is InChI=1S/C19H18N4O2/c1-25-17-4-2-3-15(11-17)19(24)23-16-5-6-18(22-13-16)21-12-14-7-9-20-10-8-14/h2-11,13H,12H2,1H3,(H,21,22)(H,23,24). The summed E-state index contributed by atoms with van der Waals surface area (Å²) in [5.74, 6) is 1.16. The van der Waals surface area contributed by atoms with Crippen molar-refractivity contribution in [2.45, 2.75) is 6.54 Å². The van der Waals surface area contributed by atoms with Crippen molar-refractivity contribution in [2.24, 2.45) is 0 Å². The number of carbonyl (C=O) groups is 1. The van der Waals surface area contributed by atoms with Gasteiger partial charge in [0.05, 0.1) is 19.0 Å². The van der Waals surface area contributed by atoms with Crippen LogP contribution in [0.5, 0.6) is 5.75 Å². The van der Waals surface area contributed by atoms with E-state index in [1.165, 1.54) is 0 Å². The molecule has 3 rings (SSSR count). The van der Waals surface area contributed by atoms with Crippen LogP contribution in [-0.2, 0) is 6.54 Å². The highest BCUT2D eigenvalue weighted by molar-refractivity contribution is 6.04. The van der Waals surface area contributed by atoms with Crippen LogP contribution in [-0.4, -0.2) is 23.0 Å². The molecule has 126 valence electrons. The fraction of sp³-hybridized carbons (Fsp3) is 0.105. The van der Waals surface area contributed by atoms with E-state index in [4.69, 9.17) is 4.74 Å². The van der Waals surface area contributed by atoms with Crippen LogP contribution in [0, 0.1) is 0 Å². The molecule has 2 aromatic heterocycles. The maximum atomic E-state index is 12.3. The van der Waals surface area contributed by atoms with Crippen LogP contribution in [0.25, 0.3) is 0 Å². The first-order chi connectivity index (χ1) is 12.2. The predicted octanol–water partition coefficient (Wildman–Crippen LogP) is 3.35. The fourth-order valence-corrected chi connectivity index (χ4v) is 2.23. The third-order valence-electron chi connectivity index (χ3n) is 3.58. The number of rotatable bonds is 6. The molecule has 0 radical (unpaired) electrons. The van der Waals surface area contributed by atoms with E-state index in [0.29, 0.717) is 23.5 Å². The van der Waals surface area contributed by atoms with E-state index in [2.05, 4.69) is 20.6 Å². The maximum Gasteiger partial charge on any atom is 0.255 e. The van der Waals surface area contributed by atoms with Crippen molar-refractivity contribution in [3.8, 4) is 5.75 Å². The third kappa shape index (κ3) is 4.54. The average Bonchev–Trinajstić information content (AvgIpc) is 2.68. The molecule has 0 aliphatic heterocycles. The lowest BCUT2D eigenvalue weighted by Crippen LogP contribution is -2.12. The Morgan fingerprint density at radius 1 is 1.12 bits per heavy atom. The summed E-state index contributed by atoms with van der Waals surface area (Å²) in [4.78, 5) is 20.6. The number of ether oxygens (including phenoxy) is 1. The highest BCUT2D eigenvalue weighted by Gasteiger charge is 2.07. The number of anilines is 2. The summed E-state index contributed by atoms with van der Waals surface area (Å²) >= 11 is 0. The zero-order valence-corrected chi connectivity index (χ0v) is 13.8. The number of aromatic nitrogens is 2. The van der Waals surface area contributed by atoms with Gasteiger partial charge in [-0.2, -0.15) is 0 Å². The normalized spacial score (nSPS) is 10.1. The van der Waals surface area contributed by atoms with Crippen LogP contribution in [0.3, 0.4) is 0 Å². The van der Waals surface area contributed by atoms with Crippen molar-refractivity contribution in [2.75, 3.05) is 17.7 Å². The van der Waals surface area contributed by atoms with E-state index in [0.717, 1.165) is 11.4 Å². The van der Waals surface area contributed by atoms with Crippen molar-refractivity contribution < 1.29 is 9.53 Å². The minimum atomic E-state index is -0.210. The highest BCUT2D eigenvalue weighted by atomic mass is 16.5. The van der Waals surface area contributed by atoms with Gasteiger partial charge < -0.3 is 15.4 Å². The molecule has 0 aliphatic rings. The molecule has 0 bridgehead atoms. The van der Waals surface area contributed by atoms with Gasteiger partial charge in [0.25, 0.3) is 5.91 Å². The molecule has 0 saturated carbocycles. The smallest absolute Gasteiger partial charge is 0.255 e. The monoisotopic (exact) mass is 334 g/mol. The Hall–Kier alpha value is -3.41. The van der Waals surface area contributed by atoms with Crippen molar-refractivity contribution in [3.05, 3.63) is 78.2 Å². The first kappa shape index (κ1) is 16.4. The summed E-state index contributed by atoms with van der Waals surface area (Å²) in [6.07, 6.45) is 5.12. The fourth-order valence-electron chi connectivity index (χ4n) is 2.23. The van der Waals surface area contributed by atoms with Crippen LogP contribution in [0.4, 0.5) is 11.5 Å². The minimum Gasteiger partial charge on any atom is -0.497 e. The lowest BCUT2D eigenvalue weighted by atomic mass is 10.2. The Labute approximate surface area is 145 Å². The van der Waals surface area contributed by atoms with E-state index >= 15 is 0 Å². The second kappa shape index (κ2) is 7.92. The third-order valence-corrected chi connectivity index (χ3v) is 3.58. The van der Waals surface area contributed by atoms with Crippen LogP contribution in [0.2, 0.25) is 0 Å². The van der Waals surface area contributed by atoms with E-state index in [-0.39, 0.29) is 5.91 Å². The first-order valence-corrected chi connectivity index (χ1v) is 7.79. The van der Waals surface area contributed by atoms with Crippen molar-refractivity contribution in [1.82, 2.24) is 9.97 Å². The zero-order chi connectivity index (χ0) is 17.5. The van der Waals surface area contributed by atoms with Gasteiger partial charge in [-0.05, 0) is 48.0 Å². The molecule has 0 saturated heterocycles. The molecule has 25 heavy (non-hydrogen) atoms. The molecule has 6 heteroatoms. The van der Waals surface area contributed by atoms with E-state index in [1.54, 1.807) is 56.0 Å². The number of benzene rings is 1. The lowest BCUT2D eigenvalue weighted by Gasteiger charge is -2.08. The SMILES string of the molecule is COc1cccc(C(=O)Nc2ccc(NCc3ccncc3)nc2)c1. The zero-order valence-electron chi connectivity index (χ0n) is 13.8. The van der Waals surface area contributed by atoms with Gasteiger partial charge in [-0.3, -0.25) is 9.78 Å². The number of carbonyl (C=O) groups excluding carboxylic acids is 1. The Morgan fingerprint density at radius 3 is 2.68 bits per heavy atom. The summed E-state index contributed by atoms with van der Waals surface area (Å²) < 4.78 is 5.13. The molecule has 0 unspecified atom stereocenters. The van der Waals surface area contributed by atoms with Crippen LogP contribution >= 0.6 is 0 Å². The van der Waals surface area contributed by atoms with Crippen LogP contribution < -0.4 is 15.4 Å². The van der Waals surface area contributed by atoms with E-state index in [9.17, 15) is 4.79 Å². The maximum absolute atomic E-state index is 12.3. The largest absolute Gasteiger partial charge is 0.497 e. The van der Waals surface area contributed by atoms with Crippen LogP contribution in [0.1, 0.15) is 15.9 Å². The molecule has 1 aromatic carbocycles. The molecule has 0 fully saturated rings. The molecule has 2 heterocycles. The summed E-state index contributed by atoms with van der Waals surface area (Å²) in [5.41, 5.74) is 2.27. The molecular weight excluding hydrogens is 316 g/mol. The predicted molar refractivity (Wildman–Crippen MR) is 96.7 cm³/mol. The second-order valence-electron chi connectivity index (χ2n) is 5.33. The van der Waals surface area contributed by atoms with E-state index in [1.807, 2.05) is 18.2 Å². The van der Waals surface area contributed by atoms with Gasteiger partial charge in [0.2, 0.25) is 0 Å². The summed E-state index contributed by atoms with van der Waals surface area (Å²) in [7, 11) is 1.57. The number of hydrogen-bond donors (Lipinski definition) is 2. The molecular formula is C19H18N4O2. The topological polar surface area (TPSA) is 76.1 Å². The molecule has 3 aromatic rings. The molecule has 2 N–H and O–H groups in total. The van der Waals surface area contributed by atoms with Gasteiger partial charge in [0.15, 0.2) is 0 Å². The molecule has 0 aliphatic carbocycles. The molecule has 0 spiro atoms. The number of nitrogens with zero attached hydrogens (tertiary/aromatic N) is 2. The van der Waals surface area contributed by atoms with Crippen molar-refractivity contribution in [1.29, 1.82) is 0 Å². The van der Waals surface area contributed by atoms with Gasteiger partial charge >= 0.3 is 0 Å². The van der Waals surface area contributed by atoms with Gasteiger partial charge in [-0.1, -0.05) is 6.07 Å².